The Morgan fingerprint density at radius 3 is 3.11 bits per heavy atom. The molecule has 0 aliphatic carbocycles. The van der Waals surface area contributed by atoms with Gasteiger partial charge in [-0.1, -0.05) is 0 Å². The molecule has 1 N–H and O–H groups in total. The normalized spacial score (nSPS) is 20.6. The van der Waals surface area contributed by atoms with Crippen molar-refractivity contribution in [3.8, 4) is 0 Å². The first-order valence-corrected chi connectivity index (χ1v) is 6.81. The van der Waals surface area contributed by atoms with E-state index in [9.17, 15) is 0 Å². The standard InChI is InChI=1S/C14H19N5/c1-11-15-6-5-14(17-11)12-3-2-8-19(9-12)10-13-4-7-16-18-13/h4-7,12H,2-3,8-10H2,1H3,(H,16,18). The highest BCUT2D eigenvalue weighted by Gasteiger charge is 2.22. The molecular formula is C14H19N5. The summed E-state index contributed by atoms with van der Waals surface area (Å²) in [5.41, 5.74) is 2.36. The first-order chi connectivity index (χ1) is 9.31. The van der Waals surface area contributed by atoms with Gasteiger partial charge in [-0.15, -0.1) is 0 Å². The third-order valence-corrected chi connectivity index (χ3v) is 3.67. The zero-order valence-electron chi connectivity index (χ0n) is 11.2. The molecule has 3 heterocycles. The molecule has 1 aliphatic heterocycles. The molecule has 1 atom stereocenters. The van der Waals surface area contributed by atoms with Crippen LogP contribution in [0, 0.1) is 6.92 Å². The number of aryl methyl sites for hydroxylation is 1. The van der Waals surface area contributed by atoms with E-state index in [0.717, 1.165) is 25.5 Å². The lowest BCUT2D eigenvalue weighted by molar-refractivity contribution is 0.196. The maximum Gasteiger partial charge on any atom is 0.125 e. The van der Waals surface area contributed by atoms with Gasteiger partial charge in [0.05, 0.1) is 0 Å². The first-order valence-electron chi connectivity index (χ1n) is 6.81. The average Bonchev–Trinajstić information content (AvgIpc) is 2.92. The van der Waals surface area contributed by atoms with Crippen LogP contribution in [0.5, 0.6) is 0 Å². The Kier molecular flexibility index (Phi) is 3.55. The molecule has 1 unspecified atom stereocenters. The SMILES string of the molecule is Cc1nccc(C2CCCN(Cc3ccn[nH]3)C2)n1. The van der Waals surface area contributed by atoms with Crippen molar-refractivity contribution in [1.82, 2.24) is 25.1 Å². The van der Waals surface area contributed by atoms with Crippen LogP contribution >= 0.6 is 0 Å². The number of likely N-dealkylation sites (tertiary alicyclic amines) is 1. The van der Waals surface area contributed by atoms with Gasteiger partial charge in [0.15, 0.2) is 0 Å². The molecule has 19 heavy (non-hydrogen) atoms. The number of nitrogens with one attached hydrogen (secondary N) is 1. The van der Waals surface area contributed by atoms with Gasteiger partial charge in [0.25, 0.3) is 0 Å². The molecule has 5 nitrogen and oxygen atoms in total. The van der Waals surface area contributed by atoms with Crippen LogP contribution in [-0.4, -0.2) is 38.2 Å². The summed E-state index contributed by atoms with van der Waals surface area (Å²) in [4.78, 5) is 11.2. The van der Waals surface area contributed by atoms with Crippen molar-refractivity contribution in [2.75, 3.05) is 13.1 Å². The van der Waals surface area contributed by atoms with E-state index in [4.69, 9.17) is 0 Å². The van der Waals surface area contributed by atoms with Crippen LogP contribution in [0.15, 0.2) is 24.5 Å². The van der Waals surface area contributed by atoms with Crippen molar-refractivity contribution in [2.45, 2.75) is 32.2 Å². The number of rotatable bonds is 3. The zero-order valence-corrected chi connectivity index (χ0v) is 11.2. The monoisotopic (exact) mass is 257 g/mol. The lowest BCUT2D eigenvalue weighted by Gasteiger charge is -2.32. The quantitative estimate of drug-likeness (QED) is 0.912. The Balaban J connectivity index is 1.67. The van der Waals surface area contributed by atoms with Crippen LogP contribution in [0.2, 0.25) is 0 Å². The Labute approximate surface area is 113 Å². The van der Waals surface area contributed by atoms with Gasteiger partial charge in [-0.25, -0.2) is 9.97 Å². The number of aromatic nitrogens is 4. The number of hydrogen-bond acceptors (Lipinski definition) is 4. The maximum atomic E-state index is 4.57. The molecule has 0 amide bonds. The van der Waals surface area contributed by atoms with E-state index >= 15 is 0 Å². The van der Waals surface area contributed by atoms with E-state index in [0.29, 0.717) is 5.92 Å². The van der Waals surface area contributed by atoms with E-state index in [1.165, 1.54) is 24.2 Å². The van der Waals surface area contributed by atoms with Crippen LogP contribution < -0.4 is 0 Å². The van der Waals surface area contributed by atoms with Gasteiger partial charge >= 0.3 is 0 Å². The van der Waals surface area contributed by atoms with Gasteiger partial charge in [0, 0.05) is 42.8 Å². The highest BCUT2D eigenvalue weighted by atomic mass is 15.2. The van der Waals surface area contributed by atoms with E-state index in [2.05, 4.69) is 31.1 Å². The summed E-state index contributed by atoms with van der Waals surface area (Å²) in [5.74, 6) is 1.39. The molecule has 0 radical (unpaired) electrons. The number of aromatic amines is 1. The Morgan fingerprint density at radius 1 is 1.37 bits per heavy atom. The average molecular weight is 257 g/mol. The van der Waals surface area contributed by atoms with Crippen molar-refractivity contribution in [3.05, 3.63) is 41.7 Å². The van der Waals surface area contributed by atoms with E-state index < -0.39 is 0 Å². The molecule has 0 bridgehead atoms. The fourth-order valence-electron chi connectivity index (χ4n) is 2.76. The first kappa shape index (κ1) is 12.3. The van der Waals surface area contributed by atoms with Crippen molar-refractivity contribution >= 4 is 0 Å². The second-order valence-electron chi connectivity index (χ2n) is 5.18. The number of piperidine rings is 1. The number of H-pyrrole nitrogens is 1. The summed E-state index contributed by atoms with van der Waals surface area (Å²) in [6.07, 6.45) is 6.12. The fourth-order valence-corrected chi connectivity index (χ4v) is 2.76. The molecule has 3 rings (SSSR count). The molecule has 2 aromatic rings. The third kappa shape index (κ3) is 2.98. The summed E-state index contributed by atoms with van der Waals surface area (Å²) >= 11 is 0. The van der Waals surface area contributed by atoms with Gasteiger partial charge in [-0.3, -0.25) is 10.00 Å². The minimum absolute atomic E-state index is 0.526. The molecule has 1 saturated heterocycles. The predicted octanol–water partition coefficient (Wildman–Crippen LogP) is 1.89. The van der Waals surface area contributed by atoms with Gasteiger partial charge in [0.2, 0.25) is 0 Å². The van der Waals surface area contributed by atoms with Gasteiger partial charge in [0.1, 0.15) is 5.82 Å². The van der Waals surface area contributed by atoms with Crippen molar-refractivity contribution in [2.24, 2.45) is 0 Å². The molecule has 0 saturated carbocycles. The van der Waals surface area contributed by atoms with Crippen LogP contribution in [0.1, 0.15) is 36.0 Å². The summed E-state index contributed by atoms with van der Waals surface area (Å²) < 4.78 is 0. The van der Waals surface area contributed by atoms with Gasteiger partial charge in [-0.2, -0.15) is 5.10 Å². The molecule has 0 spiro atoms. The van der Waals surface area contributed by atoms with Gasteiger partial charge < -0.3 is 0 Å². The predicted molar refractivity (Wildman–Crippen MR) is 72.6 cm³/mol. The highest BCUT2D eigenvalue weighted by Crippen LogP contribution is 2.26. The van der Waals surface area contributed by atoms with Crippen LogP contribution in [0.3, 0.4) is 0 Å². The molecule has 1 fully saturated rings. The maximum absolute atomic E-state index is 4.57. The Hall–Kier alpha value is -1.75. The van der Waals surface area contributed by atoms with Crippen LogP contribution in [0.4, 0.5) is 0 Å². The summed E-state index contributed by atoms with van der Waals surface area (Å²) in [6, 6.07) is 4.09. The third-order valence-electron chi connectivity index (χ3n) is 3.67. The van der Waals surface area contributed by atoms with Crippen molar-refractivity contribution in [1.29, 1.82) is 0 Å². The minimum Gasteiger partial charge on any atom is -0.297 e. The summed E-state index contributed by atoms with van der Waals surface area (Å²) in [6.45, 7) is 5.12. The van der Waals surface area contributed by atoms with Crippen molar-refractivity contribution in [3.63, 3.8) is 0 Å². The lowest BCUT2D eigenvalue weighted by Crippen LogP contribution is -2.34. The van der Waals surface area contributed by atoms with Crippen molar-refractivity contribution < 1.29 is 0 Å². The molecular weight excluding hydrogens is 238 g/mol. The second-order valence-corrected chi connectivity index (χ2v) is 5.18. The second kappa shape index (κ2) is 5.48. The molecule has 0 aromatic carbocycles. The topological polar surface area (TPSA) is 57.7 Å². The molecule has 2 aromatic heterocycles. The van der Waals surface area contributed by atoms with E-state index in [-0.39, 0.29) is 0 Å². The largest absolute Gasteiger partial charge is 0.297 e. The number of nitrogens with zero attached hydrogens (tertiary/aromatic N) is 4. The lowest BCUT2D eigenvalue weighted by atomic mass is 9.94. The van der Waals surface area contributed by atoms with E-state index in [1.807, 2.05) is 25.4 Å². The van der Waals surface area contributed by atoms with E-state index in [1.54, 1.807) is 0 Å². The van der Waals surface area contributed by atoms with Gasteiger partial charge in [-0.05, 0) is 38.4 Å². The minimum atomic E-state index is 0.526. The summed E-state index contributed by atoms with van der Waals surface area (Å²) in [7, 11) is 0. The fraction of sp³-hybridized carbons (Fsp3) is 0.500. The van der Waals surface area contributed by atoms with Crippen LogP contribution in [-0.2, 0) is 6.54 Å². The highest BCUT2D eigenvalue weighted by molar-refractivity contribution is 5.10. The molecule has 1 aliphatic rings. The number of hydrogen-bond donors (Lipinski definition) is 1. The molecule has 100 valence electrons. The Morgan fingerprint density at radius 2 is 2.32 bits per heavy atom. The summed E-state index contributed by atoms with van der Waals surface area (Å²) in [5, 5.41) is 7.04. The van der Waals surface area contributed by atoms with Crippen LogP contribution in [0.25, 0.3) is 0 Å². The Bertz CT molecular complexity index is 522. The molecule has 5 heteroatoms. The smallest absolute Gasteiger partial charge is 0.125 e. The zero-order chi connectivity index (χ0) is 13.1.